The summed E-state index contributed by atoms with van der Waals surface area (Å²) in [6.07, 6.45) is 1.50. The second-order valence-corrected chi connectivity index (χ2v) is 7.00. The maximum Gasteiger partial charge on any atom is 0.309 e. The molecule has 0 aromatic heterocycles. The van der Waals surface area contributed by atoms with E-state index in [0.29, 0.717) is 6.61 Å². The monoisotopic (exact) mass is 346 g/mol. The van der Waals surface area contributed by atoms with Crippen molar-refractivity contribution in [1.82, 2.24) is 4.90 Å². The van der Waals surface area contributed by atoms with Gasteiger partial charge in [0.1, 0.15) is 0 Å². The van der Waals surface area contributed by atoms with Gasteiger partial charge in [-0.1, -0.05) is 17.7 Å². The number of nitrogens with zero attached hydrogens (tertiary/aromatic N) is 1. The third-order valence-corrected chi connectivity index (χ3v) is 5.00. The molecule has 1 saturated heterocycles. The third kappa shape index (κ3) is 4.82. The summed E-state index contributed by atoms with van der Waals surface area (Å²) in [7, 11) is 0. The van der Waals surface area contributed by atoms with Gasteiger partial charge < -0.3 is 10.1 Å². The van der Waals surface area contributed by atoms with E-state index < -0.39 is 0 Å². The first-order valence-corrected chi connectivity index (χ1v) is 9.12. The van der Waals surface area contributed by atoms with Crippen molar-refractivity contribution in [1.29, 1.82) is 0 Å². The number of ether oxygens (including phenoxy) is 1. The minimum Gasteiger partial charge on any atom is -0.466 e. The molecule has 1 aromatic rings. The Morgan fingerprint density at radius 1 is 1.20 bits per heavy atom. The van der Waals surface area contributed by atoms with Gasteiger partial charge in [0.05, 0.1) is 18.6 Å². The van der Waals surface area contributed by atoms with Crippen molar-refractivity contribution >= 4 is 17.6 Å². The van der Waals surface area contributed by atoms with Crippen molar-refractivity contribution in [2.45, 2.75) is 53.5 Å². The Kier molecular flexibility index (Phi) is 6.59. The molecule has 1 amide bonds. The summed E-state index contributed by atoms with van der Waals surface area (Å²) in [5.74, 6) is -0.136. The Balaban J connectivity index is 1.94. The van der Waals surface area contributed by atoms with E-state index in [0.717, 1.165) is 42.7 Å². The molecule has 0 unspecified atom stereocenters. The number of esters is 1. The van der Waals surface area contributed by atoms with Crippen molar-refractivity contribution in [3.8, 4) is 0 Å². The van der Waals surface area contributed by atoms with Crippen LogP contribution >= 0.6 is 0 Å². The molecule has 2 rings (SSSR count). The quantitative estimate of drug-likeness (QED) is 0.832. The number of carbonyl (C=O) groups is 2. The summed E-state index contributed by atoms with van der Waals surface area (Å²) in [4.78, 5) is 26.6. The zero-order chi connectivity index (χ0) is 18.6. The standard InChI is InChI=1S/C20H30N2O3/c1-6-25-20(24)17-7-9-22(10-8-17)16(5)19(23)21-18-14(3)11-13(2)12-15(18)4/h11-12,16-17H,6-10H2,1-5H3,(H,21,23)/t16-/m0/s1. The lowest BCUT2D eigenvalue weighted by molar-refractivity contribution is -0.149. The molecule has 138 valence electrons. The Morgan fingerprint density at radius 2 is 1.76 bits per heavy atom. The van der Waals surface area contributed by atoms with Crippen LogP contribution in [0, 0.1) is 26.7 Å². The van der Waals surface area contributed by atoms with Gasteiger partial charge in [-0.3, -0.25) is 14.5 Å². The fraction of sp³-hybridized carbons (Fsp3) is 0.600. The predicted octanol–water partition coefficient (Wildman–Crippen LogP) is 3.21. The lowest BCUT2D eigenvalue weighted by Crippen LogP contribution is -2.47. The minimum absolute atomic E-state index is 0.00429. The van der Waals surface area contributed by atoms with Crippen LogP contribution in [0.4, 0.5) is 5.69 Å². The van der Waals surface area contributed by atoms with Crippen LogP contribution in [0.3, 0.4) is 0 Å². The van der Waals surface area contributed by atoms with E-state index in [4.69, 9.17) is 4.74 Å². The molecule has 0 radical (unpaired) electrons. The van der Waals surface area contributed by atoms with E-state index in [1.54, 1.807) is 0 Å². The highest BCUT2D eigenvalue weighted by Gasteiger charge is 2.30. The van der Waals surface area contributed by atoms with Crippen LogP contribution in [-0.4, -0.2) is 42.5 Å². The van der Waals surface area contributed by atoms with Gasteiger partial charge in [-0.2, -0.15) is 0 Å². The molecule has 1 aliphatic heterocycles. The molecule has 1 heterocycles. The van der Waals surface area contributed by atoms with Crippen LogP contribution in [0.2, 0.25) is 0 Å². The number of hydrogen-bond acceptors (Lipinski definition) is 4. The van der Waals surface area contributed by atoms with E-state index in [1.165, 1.54) is 5.56 Å². The highest BCUT2D eigenvalue weighted by atomic mass is 16.5. The maximum absolute atomic E-state index is 12.7. The van der Waals surface area contributed by atoms with Crippen molar-refractivity contribution < 1.29 is 14.3 Å². The zero-order valence-electron chi connectivity index (χ0n) is 16.0. The maximum atomic E-state index is 12.7. The van der Waals surface area contributed by atoms with Gasteiger partial charge in [-0.05, 0) is 71.7 Å². The average Bonchev–Trinajstić information content (AvgIpc) is 2.57. The molecule has 5 nitrogen and oxygen atoms in total. The molecule has 1 atom stereocenters. The van der Waals surface area contributed by atoms with E-state index in [-0.39, 0.29) is 23.8 Å². The lowest BCUT2D eigenvalue weighted by atomic mass is 9.96. The first-order valence-electron chi connectivity index (χ1n) is 9.12. The SMILES string of the molecule is CCOC(=O)C1CCN([C@@H](C)C(=O)Nc2c(C)cc(C)cc2C)CC1. The van der Waals surface area contributed by atoms with E-state index >= 15 is 0 Å². The highest BCUT2D eigenvalue weighted by Crippen LogP contribution is 2.24. The summed E-state index contributed by atoms with van der Waals surface area (Å²) in [6, 6.07) is 3.94. The van der Waals surface area contributed by atoms with Gasteiger partial charge in [0.15, 0.2) is 0 Å². The fourth-order valence-corrected chi connectivity index (χ4v) is 3.55. The van der Waals surface area contributed by atoms with Crippen LogP contribution in [0.1, 0.15) is 43.4 Å². The predicted molar refractivity (Wildman–Crippen MR) is 99.7 cm³/mol. The molecule has 1 N–H and O–H groups in total. The molecule has 1 fully saturated rings. The van der Waals surface area contributed by atoms with Crippen molar-refractivity contribution in [2.75, 3.05) is 25.0 Å². The molecule has 0 aliphatic carbocycles. The van der Waals surface area contributed by atoms with Crippen molar-refractivity contribution in [3.63, 3.8) is 0 Å². The number of nitrogens with one attached hydrogen (secondary N) is 1. The summed E-state index contributed by atoms with van der Waals surface area (Å²) in [6.45, 7) is 11.8. The number of likely N-dealkylation sites (tertiary alicyclic amines) is 1. The van der Waals surface area contributed by atoms with Crippen molar-refractivity contribution in [3.05, 3.63) is 28.8 Å². The van der Waals surface area contributed by atoms with E-state index in [9.17, 15) is 9.59 Å². The van der Waals surface area contributed by atoms with Crippen LogP contribution in [0.15, 0.2) is 12.1 Å². The molecule has 0 spiro atoms. The number of piperidine rings is 1. The molecule has 0 bridgehead atoms. The summed E-state index contributed by atoms with van der Waals surface area (Å²) in [5, 5.41) is 3.08. The van der Waals surface area contributed by atoms with Gasteiger partial charge in [0.25, 0.3) is 0 Å². The Morgan fingerprint density at radius 3 is 2.28 bits per heavy atom. The first kappa shape index (κ1) is 19.4. The number of benzene rings is 1. The number of anilines is 1. The third-order valence-electron chi connectivity index (χ3n) is 5.00. The molecule has 25 heavy (non-hydrogen) atoms. The molecule has 1 aromatic carbocycles. The Hall–Kier alpha value is -1.88. The normalized spacial score (nSPS) is 17.2. The van der Waals surface area contributed by atoms with Crippen molar-refractivity contribution in [2.24, 2.45) is 5.92 Å². The molecular formula is C20H30N2O3. The second-order valence-electron chi connectivity index (χ2n) is 7.00. The van der Waals surface area contributed by atoms with E-state index in [1.807, 2.05) is 27.7 Å². The first-order chi connectivity index (χ1) is 11.8. The Bertz CT molecular complexity index is 611. The zero-order valence-corrected chi connectivity index (χ0v) is 16.0. The highest BCUT2D eigenvalue weighted by molar-refractivity contribution is 5.96. The van der Waals surface area contributed by atoms with Gasteiger partial charge >= 0.3 is 5.97 Å². The number of hydrogen-bond donors (Lipinski definition) is 1. The van der Waals surface area contributed by atoms with Gasteiger partial charge in [-0.15, -0.1) is 0 Å². The number of carbonyl (C=O) groups excluding carboxylic acids is 2. The largest absolute Gasteiger partial charge is 0.466 e. The average molecular weight is 346 g/mol. The van der Waals surface area contributed by atoms with E-state index in [2.05, 4.69) is 29.3 Å². The van der Waals surface area contributed by atoms with Gasteiger partial charge in [0.2, 0.25) is 5.91 Å². The van der Waals surface area contributed by atoms with Gasteiger partial charge in [0, 0.05) is 5.69 Å². The lowest BCUT2D eigenvalue weighted by Gasteiger charge is -2.34. The number of rotatable bonds is 5. The number of amides is 1. The molecular weight excluding hydrogens is 316 g/mol. The van der Waals surface area contributed by atoms with Crippen LogP contribution in [-0.2, 0) is 14.3 Å². The fourth-order valence-electron chi connectivity index (χ4n) is 3.55. The second kappa shape index (κ2) is 8.48. The topological polar surface area (TPSA) is 58.6 Å². The molecule has 0 saturated carbocycles. The number of aryl methyl sites for hydroxylation is 3. The van der Waals surface area contributed by atoms with Crippen LogP contribution in [0.25, 0.3) is 0 Å². The molecule has 1 aliphatic rings. The van der Waals surface area contributed by atoms with Crippen LogP contribution in [0.5, 0.6) is 0 Å². The summed E-state index contributed by atoms with van der Waals surface area (Å²) in [5.41, 5.74) is 4.27. The summed E-state index contributed by atoms with van der Waals surface area (Å²) >= 11 is 0. The van der Waals surface area contributed by atoms with Crippen LogP contribution < -0.4 is 5.32 Å². The minimum atomic E-state index is -0.219. The summed E-state index contributed by atoms with van der Waals surface area (Å²) < 4.78 is 5.10. The molecule has 5 heteroatoms. The Labute approximate surface area is 150 Å². The van der Waals surface area contributed by atoms with Gasteiger partial charge in [-0.25, -0.2) is 0 Å². The smallest absolute Gasteiger partial charge is 0.309 e.